The number of para-hydroxylation sites is 1. The fourth-order valence-corrected chi connectivity index (χ4v) is 9.25. The maximum absolute atomic E-state index is 10.4. The van der Waals surface area contributed by atoms with Crippen LogP contribution in [-0.4, -0.2) is 25.0 Å². The van der Waals surface area contributed by atoms with Crippen LogP contribution >= 0.6 is 0 Å². The highest BCUT2D eigenvalue weighted by molar-refractivity contribution is 6.03. The molecule has 4 aromatic rings. The molecule has 5 heteroatoms. The lowest BCUT2D eigenvalue weighted by Crippen LogP contribution is -2.25. The van der Waals surface area contributed by atoms with Crippen molar-refractivity contribution in [1.82, 2.24) is 19.9 Å². The monoisotopic (exact) mass is 664 g/mol. The van der Waals surface area contributed by atoms with Gasteiger partial charge in [-0.15, -0.1) is 0 Å². The molecule has 0 aliphatic carbocycles. The molecule has 0 spiro atoms. The van der Waals surface area contributed by atoms with Gasteiger partial charge in [0.1, 0.15) is 5.75 Å². The summed E-state index contributed by atoms with van der Waals surface area (Å²) in [5, 5.41) is 11.6. The lowest BCUT2D eigenvalue weighted by molar-refractivity contribution is 0.475. The SMILES string of the molecule is CCC1=C(CC)c2nc1cc1[nH]c(cc3nc(c4cccc5c4[nH]c(c2-c2ccc(O)cc2)C5(CC)CC)C(CC)=C3CC)c(CC)c1CC. The summed E-state index contributed by atoms with van der Waals surface area (Å²) in [5.41, 5.74) is 20.2. The van der Waals surface area contributed by atoms with Crippen LogP contribution in [0.3, 0.4) is 0 Å². The van der Waals surface area contributed by atoms with E-state index in [1.807, 2.05) is 12.1 Å². The van der Waals surface area contributed by atoms with E-state index in [0.29, 0.717) is 0 Å². The first-order valence-corrected chi connectivity index (χ1v) is 19.1. The molecule has 2 aromatic carbocycles. The number of aromatic amines is 2. The van der Waals surface area contributed by atoms with Gasteiger partial charge in [-0.3, -0.25) is 0 Å². The zero-order valence-corrected chi connectivity index (χ0v) is 31.2. The standard InChI is InChI=1S/C45H52N4O/c1-9-28-29(10-2)37-25-39-31(12-4)33(14-6)43(48-39)40(26-20-22-27(50)23-21-26)44-45(15-7,16-8)35-19-17-18-34(42(35)49-44)41-32(13-5)30(11-3)38(47-41)24-36(28)46-37/h17-25,46,49-50H,9-16H2,1-8H3. The Morgan fingerprint density at radius 3 is 1.66 bits per heavy atom. The van der Waals surface area contributed by atoms with Crippen LogP contribution in [0.5, 0.6) is 5.75 Å². The molecule has 0 amide bonds. The number of aromatic hydroxyl groups is 1. The highest BCUT2D eigenvalue weighted by Crippen LogP contribution is 2.51. The van der Waals surface area contributed by atoms with Crippen molar-refractivity contribution < 1.29 is 5.11 Å². The summed E-state index contributed by atoms with van der Waals surface area (Å²) in [7, 11) is 0. The van der Waals surface area contributed by atoms with Gasteiger partial charge in [-0.05, 0) is 120 Å². The Balaban J connectivity index is 1.81. The van der Waals surface area contributed by atoms with Crippen molar-refractivity contribution in [3.63, 3.8) is 0 Å². The van der Waals surface area contributed by atoms with Gasteiger partial charge < -0.3 is 15.1 Å². The summed E-state index contributed by atoms with van der Waals surface area (Å²) < 4.78 is 0. The van der Waals surface area contributed by atoms with Crippen LogP contribution < -0.4 is 0 Å². The van der Waals surface area contributed by atoms with Crippen molar-refractivity contribution in [2.24, 2.45) is 0 Å². The van der Waals surface area contributed by atoms with E-state index in [2.05, 4.69) is 108 Å². The third-order valence-electron chi connectivity index (χ3n) is 11.8. The quantitative estimate of drug-likeness (QED) is 0.167. The largest absolute Gasteiger partial charge is 0.508 e. The van der Waals surface area contributed by atoms with E-state index < -0.39 is 0 Å². The smallest absolute Gasteiger partial charge is 0.115 e. The number of aryl methyl sites for hydroxylation is 2. The molecular formula is C45H52N4O. The summed E-state index contributed by atoms with van der Waals surface area (Å²) >= 11 is 0. The average Bonchev–Trinajstić information content (AvgIpc) is 3.87. The Labute approximate surface area is 297 Å². The van der Waals surface area contributed by atoms with Crippen molar-refractivity contribution in [2.75, 3.05) is 0 Å². The fourth-order valence-electron chi connectivity index (χ4n) is 9.25. The van der Waals surface area contributed by atoms with Crippen molar-refractivity contribution >= 4 is 44.2 Å². The fraction of sp³-hybridized carbons (Fsp3) is 0.378. The second-order valence-electron chi connectivity index (χ2n) is 13.9. The van der Waals surface area contributed by atoms with Gasteiger partial charge in [-0.1, -0.05) is 85.7 Å². The number of H-pyrrole nitrogens is 2. The van der Waals surface area contributed by atoms with E-state index in [4.69, 9.17) is 9.97 Å². The molecule has 0 unspecified atom stereocenters. The summed E-state index contributed by atoms with van der Waals surface area (Å²) in [4.78, 5) is 19.1. The topological polar surface area (TPSA) is 77.6 Å². The first-order valence-electron chi connectivity index (χ1n) is 19.1. The zero-order valence-electron chi connectivity index (χ0n) is 31.2. The number of hydrogen-bond acceptors (Lipinski definition) is 3. The number of phenolic OH excluding ortho intramolecular Hbond substituents is 1. The van der Waals surface area contributed by atoms with Crippen LogP contribution in [0.2, 0.25) is 0 Å². The number of nitrogens with zero attached hydrogens (tertiary/aromatic N) is 2. The molecule has 50 heavy (non-hydrogen) atoms. The number of aromatic nitrogens is 4. The van der Waals surface area contributed by atoms with Crippen LogP contribution in [0.1, 0.15) is 139 Å². The van der Waals surface area contributed by atoms with E-state index >= 15 is 0 Å². The van der Waals surface area contributed by atoms with Gasteiger partial charge in [-0.2, -0.15) is 0 Å². The predicted molar refractivity (Wildman–Crippen MR) is 212 cm³/mol. The molecule has 0 saturated heterocycles. The van der Waals surface area contributed by atoms with Gasteiger partial charge in [0.05, 0.1) is 28.3 Å². The van der Waals surface area contributed by atoms with Crippen molar-refractivity contribution in [3.8, 4) is 16.9 Å². The first-order chi connectivity index (χ1) is 24.3. The Morgan fingerprint density at radius 1 is 0.600 bits per heavy atom. The number of nitrogens with one attached hydrogen (secondary N) is 2. The molecule has 2 aromatic heterocycles. The van der Waals surface area contributed by atoms with Gasteiger partial charge in [0.15, 0.2) is 0 Å². The number of allylic oxidation sites excluding steroid dienone is 4. The van der Waals surface area contributed by atoms with Crippen LogP contribution in [0.25, 0.3) is 55.4 Å². The van der Waals surface area contributed by atoms with Crippen LogP contribution in [0.4, 0.5) is 0 Å². The summed E-state index contributed by atoms with van der Waals surface area (Å²) in [6.07, 6.45) is 7.37. The molecule has 3 aliphatic rings. The summed E-state index contributed by atoms with van der Waals surface area (Å²) in [6, 6.07) is 19.2. The summed E-state index contributed by atoms with van der Waals surface area (Å²) in [5.74, 6) is 0.263. The number of benzene rings is 2. The van der Waals surface area contributed by atoms with Gasteiger partial charge in [0.2, 0.25) is 0 Å². The van der Waals surface area contributed by atoms with Crippen LogP contribution in [-0.2, 0) is 18.3 Å². The van der Waals surface area contributed by atoms with E-state index in [1.54, 1.807) is 0 Å². The minimum absolute atomic E-state index is 0.256. The molecule has 7 rings (SSSR count). The Morgan fingerprint density at radius 2 is 1.14 bits per heavy atom. The van der Waals surface area contributed by atoms with Gasteiger partial charge in [0.25, 0.3) is 0 Å². The maximum Gasteiger partial charge on any atom is 0.115 e. The second-order valence-corrected chi connectivity index (χ2v) is 13.9. The van der Waals surface area contributed by atoms with E-state index in [-0.39, 0.29) is 11.2 Å². The minimum Gasteiger partial charge on any atom is -0.508 e. The highest BCUT2D eigenvalue weighted by Gasteiger charge is 2.40. The van der Waals surface area contributed by atoms with E-state index in [1.165, 1.54) is 50.1 Å². The third kappa shape index (κ3) is 4.95. The normalized spacial score (nSPS) is 14.7. The van der Waals surface area contributed by atoms with E-state index in [9.17, 15) is 5.11 Å². The molecule has 3 N–H and O–H groups in total. The Bertz CT molecular complexity index is 2250. The third-order valence-corrected chi connectivity index (χ3v) is 11.8. The highest BCUT2D eigenvalue weighted by atomic mass is 16.3. The molecule has 258 valence electrons. The molecule has 3 aliphatic heterocycles. The van der Waals surface area contributed by atoms with Crippen molar-refractivity contribution in [2.45, 2.75) is 112 Å². The second kappa shape index (κ2) is 13.2. The molecule has 5 heterocycles. The van der Waals surface area contributed by atoms with Crippen LogP contribution in [0, 0.1) is 0 Å². The minimum atomic E-state index is -0.256. The molecular weight excluding hydrogens is 613 g/mol. The summed E-state index contributed by atoms with van der Waals surface area (Å²) in [6.45, 7) is 18.2. The average molecular weight is 665 g/mol. The molecule has 0 radical (unpaired) electrons. The maximum atomic E-state index is 10.4. The Hall–Kier alpha value is -4.64. The van der Waals surface area contributed by atoms with Crippen molar-refractivity contribution in [3.05, 3.63) is 99.8 Å². The number of phenols is 1. The van der Waals surface area contributed by atoms with Gasteiger partial charge >= 0.3 is 0 Å². The molecule has 8 bridgehead atoms. The Kier molecular flexibility index (Phi) is 8.96. The van der Waals surface area contributed by atoms with Crippen molar-refractivity contribution in [1.29, 1.82) is 0 Å². The molecule has 0 saturated carbocycles. The zero-order chi connectivity index (χ0) is 35.3. The predicted octanol–water partition coefficient (Wildman–Crippen LogP) is 12.3. The van der Waals surface area contributed by atoms with Gasteiger partial charge in [-0.25, -0.2) is 9.97 Å². The number of rotatable bonds is 9. The van der Waals surface area contributed by atoms with Crippen LogP contribution in [0.15, 0.2) is 54.6 Å². The molecule has 0 fully saturated rings. The lowest BCUT2D eigenvalue weighted by Gasteiger charge is -2.30. The first kappa shape index (κ1) is 33.8. The lowest BCUT2D eigenvalue weighted by atomic mass is 9.71. The molecule has 5 nitrogen and oxygen atoms in total. The number of hydrogen-bond donors (Lipinski definition) is 3. The van der Waals surface area contributed by atoms with E-state index in [0.717, 1.165) is 102 Å². The molecule has 0 atom stereocenters. The van der Waals surface area contributed by atoms with Gasteiger partial charge in [0, 0.05) is 33.1 Å². The number of fused-ring (bicyclic) bond motifs is 8.